The summed E-state index contributed by atoms with van der Waals surface area (Å²) in [5.74, 6) is -2.25. The second-order valence-corrected chi connectivity index (χ2v) is 6.26. The van der Waals surface area contributed by atoms with Crippen LogP contribution >= 0.6 is 0 Å². The quantitative estimate of drug-likeness (QED) is 0.505. The zero-order valence-corrected chi connectivity index (χ0v) is 12.1. The van der Waals surface area contributed by atoms with Gasteiger partial charge >= 0.3 is 5.97 Å². The molecule has 1 aromatic carbocycles. The molecule has 9 heteroatoms. The predicted octanol–water partition coefficient (Wildman–Crippen LogP) is -1.08. The summed E-state index contributed by atoms with van der Waals surface area (Å²) in [5, 5.41) is 20.2. The summed E-state index contributed by atoms with van der Waals surface area (Å²) in [6.45, 7) is -0.0785. The van der Waals surface area contributed by atoms with Crippen molar-refractivity contribution in [2.45, 2.75) is 17.4 Å². The van der Waals surface area contributed by atoms with Crippen molar-refractivity contribution in [3.63, 3.8) is 0 Å². The maximum Gasteiger partial charge on any atom is 0.337 e. The Kier molecular flexibility index (Phi) is 5.41. The molecule has 0 fully saturated rings. The Bertz CT molecular complexity index is 612. The molecule has 0 saturated carbocycles. The third-order valence-electron chi connectivity index (χ3n) is 2.57. The summed E-state index contributed by atoms with van der Waals surface area (Å²) in [4.78, 5) is 22.1. The Morgan fingerprint density at radius 1 is 1.24 bits per heavy atom. The van der Waals surface area contributed by atoms with Crippen LogP contribution in [0.5, 0.6) is 0 Å². The number of aliphatic hydroxyl groups is 1. The van der Waals surface area contributed by atoms with Crippen LogP contribution in [0.25, 0.3) is 0 Å². The van der Waals surface area contributed by atoms with E-state index in [1.54, 1.807) is 18.2 Å². The van der Waals surface area contributed by atoms with Crippen molar-refractivity contribution in [1.29, 1.82) is 0 Å². The van der Waals surface area contributed by atoms with Gasteiger partial charge in [-0.2, -0.15) is 0 Å². The molecule has 116 valence electrons. The fourth-order valence-corrected chi connectivity index (χ4v) is 2.26. The van der Waals surface area contributed by atoms with Gasteiger partial charge in [0.2, 0.25) is 15.9 Å². The zero-order valence-electron chi connectivity index (χ0n) is 11.2. The van der Waals surface area contributed by atoms with Crippen molar-refractivity contribution in [3.8, 4) is 0 Å². The molecule has 1 unspecified atom stereocenters. The number of benzene rings is 1. The molecule has 0 spiro atoms. The van der Waals surface area contributed by atoms with Gasteiger partial charge in [-0.1, -0.05) is 18.2 Å². The highest BCUT2D eigenvalue weighted by Crippen LogP contribution is 2.06. The molecule has 1 amide bonds. The van der Waals surface area contributed by atoms with Crippen LogP contribution in [0.3, 0.4) is 0 Å². The van der Waals surface area contributed by atoms with E-state index in [1.165, 1.54) is 12.1 Å². The molecule has 0 aliphatic rings. The maximum atomic E-state index is 11.8. The average molecular weight is 316 g/mol. The summed E-state index contributed by atoms with van der Waals surface area (Å²) in [6, 6.07) is 7.47. The molecule has 0 bridgehead atoms. The third kappa shape index (κ3) is 5.14. The number of sulfonamides is 1. The fourth-order valence-electron chi connectivity index (χ4n) is 1.25. The molecule has 0 aliphatic heterocycles. The van der Waals surface area contributed by atoms with Crippen LogP contribution in [0, 0.1) is 0 Å². The van der Waals surface area contributed by atoms with E-state index in [-0.39, 0.29) is 4.90 Å². The van der Waals surface area contributed by atoms with E-state index >= 15 is 0 Å². The van der Waals surface area contributed by atoms with Gasteiger partial charge in [-0.15, -0.1) is 0 Å². The van der Waals surface area contributed by atoms with Gasteiger partial charge in [-0.25, -0.2) is 17.9 Å². The Hall–Kier alpha value is -1.97. The lowest BCUT2D eigenvalue weighted by molar-refractivity contribution is -0.156. The van der Waals surface area contributed by atoms with Gasteiger partial charge in [0.15, 0.2) is 5.60 Å². The van der Waals surface area contributed by atoms with Crippen molar-refractivity contribution >= 4 is 21.9 Å². The van der Waals surface area contributed by atoms with E-state index in [2.05, 4.69) is 10.0 Å². The molecule has 0 aromatic heterocycles. The Labute approximate surface area is 121 Å². The number of carboxylic acid groups (broad SMARTS) is 1. The summed E-state index contributed by atoms with van der Waals surface area (Å²) in [7, 11) is -3.82. The number of nitrogens with one attached hydrogen (secondary N) is 2. The summed E-state index contributed by atoms with van der Waals surface area (Å²) in [6.07, 6.45) is 0. The molecule has 1 atom stereocenters. The van der Waals surface area contributed by atoms with Gasteiger partial charge in [0, 0.05) is 0 Å². The van der Waals surface area contributed by atoms with Gasteiger partial charge in [0.25, 0.3) is 0 Å². The van der Waals surface area contributed by atoms with Gasteiger partial charge in [0.1, 0.15) is 0 Å². The topological polar surface area (TPSA) is 133 Å². The van der Waals surface area contributed by atoms with Crippen LogP contribution in [0.15, 0.2) is 35.2 Å². The lowest BCUT2D eigenvalue weighted by Crippen LogP contribution is -2.48. The lowest BCUT2D eigenvalue weighted by atomic mass is 10.1. The molecule has 4 N–H and O–H groups in total. The van der Waals surface area contributed by atoms with Crippen LogP contribution in [-0.2, 0) is 19.6 Å². The van der Waals surface area contributed by atoms with Crippen LogP contribution in [-0.4, -0.2) is 49.2 Å². The van der Waals surface area contributed by atoms with Crippen molar-refractivity contribution < 1.29 is 28.2 Å². The first-order chi connectivity index (χ1) is 9.65. The Morgan fingerprint density at radius 2 is 1.81 bits per heavy atom. The number of carbonyl (C=O) groups excluding carboxylic acids is 1. The average Bonchev–Trinajstić information content (AvgIpc) is 2.44. The molecule has 0 saturated heterocycles. The number of amides is 1. The summed E-state index contributed by atoms with van der Waals surface area (Å²) >= 11 is 0. The normalized spacial score (nSPS) is 14.2. The van der Waals surface area contributed by atoms with Gasteiger partial charge in [0.05, 0.1) is 18.0 Å². The van der Waals surface area contributed by atoms with E-state index in [1.807, 2.05) is 0 Å². The fraction of sp³-hybridized carbons (Fsp3) is 0.333. The van der Waals surface area contributed by atoms with Gasteiger partial charge in [-0.05, 0) is 19.1 Å². The van der Waals surface area contributed by atoms with Gasteiger partial charge in [-0.3, -0.25) is 4.79 Å². The van der Waals surface area contributed by atoms with Crippen LogP contribution < -0.4 is 10.0 Å². The van der Waals surface area contributed by atoms with Crippen LogP contribution in [0.2, 0.25) is 0 Å². The predicted molar refractivity (Wildman–Crippen MR) is 72.9 cm³/mol. The molecular formula is C12H16N2O6S. The van der Waals surface area contributed by atoms with E-state index in [9.17, 15) is 23.1 Å². The molecule has 0 aliphatic carbocycles. The van der Waals surface area contributed by atoms with E-state index in [4.69, 9.17) is 5.11 Å². The van der Waals surface area contributed by atoms with E-state index < -0.39 is 40.6 Å². The number of aliphatic carboxylic acids is 1. The highest BCUT2D eigenvalue weighted by atomic mass is 32.2. The third-order valence-corrected chi connectivity index (χ3v) is 3.98. The van der Waals surface area contributed by atoms with E-state index in [0.29, 0.717) is 0 Å². The zero-order chi connectivity index (χ0) is 16.1. The Balaban J connectivity index is 2.52. The number of carbonyl (C=O) groups is 2. The second-order valence-electron chi connectivity index (χ2n) is 4.49. The first kappa shape index (κ1) is 17.1. The smallest absolute Gasteiger partial charge is 0.337 e. The minimum atomic E-state index is -3.82. The highest BCUT2D eigenvalue weighted by molar-refractivity contribution is 7.89. The molecule has 1 aromatic rings. The first-order valence-electron chi connectivity index (χ1n) is 5.92. The van der Waals surface area contributed by atoms with Crippen molar-refractivity contribution in [3.05, 3.63) is 30.3 Å². The molecule has 1 rings (SSSR count). The largest absolute Gasteiger partial charge is 0.479 e. The molecule has 0 heterocycles. The number of hydrogen-bond acceptors (Lipinski definition) is 5. The number of rotatable bonds is 7. The second kappa shape index (κ2) is 6.66. The van der Waals surface area contributed by atoms with E-state index in [0.717, 1.165) is 6.92 Å². The van der Waals surface area contributed by atoms with Gasteiger partial charge < -0.3 is 15.5 Å². The number of hydrogen-bond donors (Lipinski definition) is 4. The summed E-state index contributed by atoms with van der Waals surface area (Å²) in [5.41, 5.74) is -2.12. The lowest BCUT2D eigenvalue weighted by Gasteiger charge is -2.18. The van der Waals surface area contributed by atoms with Crippen LogP contribution in [0.4, 0.5) is 0 Å². The minimum Gasteiger partial charge on any atom is -0.479 e. The number of carboxylic acids is 1. The van der Waals surface area contributed by atoms with Crippen molar-refractivity contribution in [2.75, 3.05) is 13.1 Å². The highest BCUT2D eigenvalue weighted by Gasteiger charge is 2.30. The van der Waals surface area contributed by atoms with Crippen LogP contribution in [0.1, 0.15) is 6.92 Å². The standard InChI is InChI=1S/C12H16N2O6S/c1-12(18,11(16)17)8-13-10(15)7-14-21(19,20)9-5-3-2-4-6-9/h2-6,14,18H,7-8H2,1H3,(H,13,15)(H,16,17). The Morgan fingerprint density at radius 3 is 2.33 bits per heavy atom. The molecule has 21 heavy (non-hydrogen) atoms. The molecule has 0 radical (unpaired) electrons. The van der Waals surface area contributed by atoms with Crippen molar-refractivity contribution in [1.82, 2.24) is 10.0 Å². The minimum absolute atomic E-state index is 0.00957. The first-order valence-corrected chi connectivity index (χ1v) is 7.41. The summed E-state index contributed by atoms with van der Waals surface area (Å²) < 4.78 is 25.7. The molecule has 8 nitrogen and oxygen atoms in total. The maximum absolute atomic E-state index is 11.8. The molecular weight excluding hydrogens is 300 g/mol. The van der Waals surface area contributed by atoms with Crippen molar-refractivity contribution in [2.24, 2.45) is 0 Å². The monoisotopic (exact) mass is 316 g/mol. The SMILES string of the molecule is CC(O)(CNC(=O)CNS(=O)(=O)c1ccccc1)C(=O)O.